The maximum atomic E-state index is 13.4. The molecule has 0 bridgehead atoms. The minimum atomic E-state index is -3.63. The molecule has 4 nitrogen and oxygen atoms in total. The highest BCUT2D eigenvalue weighted by Gasteiger charge is 2.37. The van der Waals surface area contributed by atoms with Gasteiger partial charge in [-0.2, -0.15) is 0 Å². The number of benzene rings is 3. The lowest BCUT2D eigenvalue weighted by Crippen LogP contribution is -2.44. The second-order valence-corrected chi connectivity index (χ2v) is 9.14. The summed E-state index contributed by atoms with van der Waals surface area (Å²) in [7, 11) is -3.63. The Balaban J connectivity index is 1.75. The fraction of sp³-hybridized carbons (Fsp3) is 0.217. The zero-order chi connectivity index (χ0) is 19.7. The van der Waals surface area contributed by atoms with Crippen molar-refractivity contribution in [3.8, 4) is 0 Å². The fourth-order valence-corrected chi connectivity index (χ4v) is 5.54. The number of nitrogens with zero attached hydrogens (tertiary/aromatic N) is 1. The molecule has 1 aliphatic heterocycles. The molecule has 2 atom stereocenters. The lowest BCUT2D eigenvalue weighted by Gasteiger charge is -2.40. The molecule has 0 spiro atoms. The van der Waals surface area contributed by atoms with E-state index in [0.29, 0.717) is 11.3 Å². The number of rotatable bonds is 4. The highest BCUT2D eigenvalue weighted by molar-refractivity contribution is 7.92. The zero-order valence-corrected chi connectivity index (χ0v) is 16.9. The van der Waals surface area contributed by atoms with Crippen LogP contribution in [0.5, 0.6) is 0 Å². The summed E-state index contributed by atoms with van der Waals surface area (Å²) >= 11 is 0. The largest absolute Gasteiger partial charge is 0.378 e. The van der Waals surface area contributed by atoms with Gasteiger partial charge in [-0.15, -0.1) is 0 Å². The second kappa shape index (κ2) is 7.32. The molecule has 0 saturated carbocycles. The average Bonchev–Trinajstić information content (AvgIpc) is 2.69. The Kier molecular flexibility index (Phi) is 4.85. The average molecular weight is 393 g/mol. The molecule has 0 radical (unpaired) electrons. The number of fused-ring (bicyclic) bond motifs is 1. The molecule has 3 aromatic carbocycles. The van der Waals surface area contributed by atoms with Gasteiger partial charge in [-0.25, -0.2) is 8.42 Å². The van der Waals surface area contributed by atoms with Crippen LogP contribution in [0.3, 0.4) is 0 Å². The summed E-state index contributed by atoms with van der Waals surface area (Å²) in [6.45, 7) is 3.93. The van der Waals surface area contributed by atoms with Crippen LogP contribution in [0.4, 0.5) is 11.4 Å². The number of para-hydroxylation sites is 2. The third-order valence-corrected chi connectivity index (χ3v) is 7.16. The topological polar surface area (TPSA) is 49.4 Å². The van der Waals surface area contributed by atoms with E-state index in [0.717, 1.165) is 22.5 Å². The summed E-state index contributed by atoms with van der Waals surface area (Å²) in [4.78, 5) is 0.328. The van der Waals surface area contributed by atoms with E-state index in [1.54, 1.807) is 16.4 Å². The van der Waals surface area contributed by atoms with Gasteiger partial charge in [0.2, 0.25) is 0 Å². The van der Waals surface area contributed by atoms with Gasteiger partial charge in [-0.1, -0.05) is 54.1 Å². The highest BCUT2D eigenvalue weighted by Crippen LogP contribution is 2.41. The molecule has 1 heterocycles. The lowest BCUT2D eigenvalue weighted by molar-refractivity contribution is 0.537. The van der Waals surface area contributed by atoms with Crippen molar-refractivity contribution in [2.75, 3.05) is 9.62 Å². The van der Waals surface area contributed by atoms with Crippen LogP contribution in [0.1, 0.15) is 30.5 Å². The van der Waals surface area contributed by atoms with Gasteiger partial charge in [0.05, 0.1) is 16.6 Å². The quantitative estimate of drug-likeness (QED) is 0.669. The molecule has 144 valence electrons. The molecule has 0 amide bonds. The Morgan fingerprint density at radius 2 is 1.54 bits per heavy atom. The highest BCUT2D eigenvalue weighted by atomic mass is 32.2. The molecule has 1 aliphatic rings. The Morgan fingerprint density at radius 1 is 0.893 bits per heavy atom. The van der Waals surface area contributed by atoms with Crippen LogP contribution in [-0.4, -0.2) is 14.5 Å². The van der Waals surface area contributed by atoms with Crippen LogP contribution in [0.15, 0.2) is 83.8 Å². The minimum absolute atomic E-state index is 0.0538. The molecule has 0 aliphatic carbocycles. The SMILES string of the molecule is Cc1ccc(S(=O)(=O)N2c3ccccc3C(Nc3ccccc3)CC2C)cc1. The van der Waals surface area contributed by atoms with Crippen molar-refractivity contribution in [3.63, 3.8) is 0 Å². The van der Waals surface area contributed by atoms with Gasteiger partial charge >= 0.3 is 0 Å². The molecule has 0 saturated heterocycles. The molecule has 4 rings (SSSR count). The van der Waals surface area contributed by atoms with E-state index < -0.39 is 10.0 Å². The van der Waals surface area contributed by atoms with Crippen molar-refractivity contribution < 1.29 is 8.42 Å². The molecular weight excluding hydrogens is 368 g/mol. The van der Waals surface area contributed by atoms with E-state index in [-0.39, 0.29) is 12.1 Å². The molecule has 5 heteroatoms. The summed E-state index contributed by atoms with van der Waals surface area (Å²) < 4.78 is 28.5. The van der Waals surface area contributed by atoms with E-state index in [1.807, 2.05) is 80.6 Å². The second-order valence-electron chi connectivity index (χ2n) is 7.32. The lowest BCUT2D eigenvalue weighted by atomic mass is 9.93. The number of hydrogen-bond donors (Lipinski definition) is 1. The van der Waals surface area contributed by atoms with Gasteiger partial charge in [0.1, 0.15) is 0 Å². The first-order valence-corrected chi connectivity index (χ1v) is 10.9. The third kappa shape index (κ3) is 3.38. The van der Waals surface area contributed by atoms with E-state index >= 15 is 0 Å². The van der Waals surface area contributed by atoms with Crippen LogP contribution in [0.25, 0.3) is 0 Å². The van der Waals surface area contributed by atoms with Crippen LogP contribution in [0.2, 0.25) is 0 Å². The smallest absolute Gasteiger partial charge is 0.264 e. The van der Waals surface area contributed by atoms with E-state index in [9.17, 15) is 8.42 Å². The van der Waals surface area contributed by atoms with Crippen LogP contribution < -0.4 is 9.62 Å². The molecule has 28 heavy (non-hydrogen) atoms. The predicted octanol–water partition coefficient (Wildman–Crippen LogP) is 5.14. The Labute approximate surface area is 166 Å². The number of sulfonamides is 1. The maximum Gasteiger partial charge on any atom is 0.264 e. The van der Waals surface area contributed by atoms with Crippen LogP contribution >= 0.6 is 0 Å². The first-order valence-electron chi connectivity index (χ1n) is 9.48. The Hall–Kier alpha value is -2.79. The van der Waals surface area contributed by atoms with Crippen molar-refractivity contribution >= 4 is 21.4 Å². The standard InChI is InChI=1S/C23H24N2O2S/c1-17-12-14-20(15-13-17)28(26,27)25-18(2)16-22(21-10-6-7-11-23(21)25)24-19-8-4-3-5-9-19/h3-15,18,22,24H,16H2,1-2H3. The number of hydrogen-bond acceptors (Lipinski definition) is 3. The molecule has 1 N–H and O–H groups in total. The molecule has 2 unspecified atom stereocenters. The molecular formula is C23H24N2O2S. The molecule has 3 aromatic rings. The number of aryl methyl sites for hydroxylation is 1. The van der Waals surface area contributed by atoms with Gasteiger partial charge in [0.25, 0.3) is 10.0 Å². The van der Waals surface area contributed by atoms with Gasteiger partial charge < -0.3 is 5.32 Å². The van der Waals surface area contributed by atoms with Crippen molar-refractivity contribution in [1.82, 2.24) is 0 Å². The predicted molar refractivity (Wildman–Crippen MR) is 114 cm³/mol. The minimum Gasteiger partial charge on any atom is -0.378 e. The van der Waals surface area contributed by atoms with Gasteiger partial charge in [-0.3, -0.25) is 4.31 Å². The summed E-state index contributed by atoms with van der Waals surface area (Å²) in [6.07, 6.45) is 0.691. The van der Waals surface area contributed by atoms with Gasteiger partial charge in [0.15, 0.2) is 0 Å². The Morgan fingerprint density at radius 3 is 2.25 bits per heavy atom. The van der Waals surface area contributed by atoms with Gasteiger partial charge in [0, 0.05) is 11.7 Å². The van der Waals surface area contributed by atoms with Crippen molar-refractivity contribution in [2.45, 2.75) is 37.2 Å². The van der Waals surface area contributed by atoms with Crippen molar-refractivity contribution in [3.05, 3.63) is 90.0 Å². The first-order chi connectivity index (χ1) is 13.5. The van der Waals surface area contributed by atoms with E-state index in [1.165, 1.54) is 0 Å². The maximum absolute atomic E-state index is 13.4. The van der Waals surface area contributed by atoms with Crippen molar-refractivity contribution in [1.29, 1.82) is 0 Å². The summed E-state index contributed by atoms with van der Waals surface area (Å²) in [5.74, 6) is 0. The van der Waals surface area contributed by atoms with Crippen molar-refractivity contribution in [2.24, 2.45) is 0 Å². The normalized spacial score (nSPS) is 19.1. The third-order valence-electron chi connectivity index (χ3n) is 5.22. The molecule has 0 aromatic heterocycles. The first kappa shape index (κ1) is 18.6. The van der Waals surface area contributed by atoms with Crippen LogP contribution in [-0.2, 0) is 10.0 Å². The van der Waals surface area contributed by atoms with Gasteiger partial charge in [-0.05, 0) is 56.2 Å². The zero-order valence-electron chi connectivity index (χ0n) is 16.0. The summed E-state index contributed by atoms with van der Waals surface area (Å²) in [6, 6.07) is 24.8. The van der Waals surface area contributed by atoms with Crippen LogP contribution in [0, 0.1) is 6.92 Å². The number of nitrogens with one attached hydrogen (secondary N) is 1. The molecule has 0 fully saturated rings. The Bertz CT molecular complexity index is 1060. The monoisotopic (exact) mass is 392 g/mol. The van der Waals surface area contributed by atoms with E-state index in [2.05, 4.69) is 5.32 Å². The summed E-state index contributed by atoms with van der Waals surface area (Å²) in [5, 5.41) is 3.57. The fourth-order valence-electron chi connectivity index (χ4n) is 3.85. The van der Waals surface area contributed by atoms with E-state index in [4.69, 9.17) is 0 Å². The number of anilines is 2. The summed E-state index contributed by atoms with van der Waals surface area (Å²) in [5.41, 5.74) is 3.82.